The Hall–Kier alpha value is -0.120. The lowest BCUT2D eigenvalue weighted by atomic mass is 9.90. The van der Waals surface area contributed by atoms with Crippen LogP contribution in [0.2, 0.25) is 0 Å². The molecule has 0 saturated heterocycles. The number of nitrogens with two attached hydrogens (primary N) is 2. The van der Waals surface area contributed by atoms with Crippen molar-refractivity contribution in [3.8, 4) is 0 Å². The van der Waals surface area contributed by atoms with Gasteiger partial charge in [-0.2, -0.15) is 0 Å². The molecule has 3 heteroatoms. The zero-order chi connectivity index (χ0) is 12.8. The summed E-state index contributed by atoms with van der Waals surface area (Å²) in [5.74, 6) is 0. The molecule has 5 N–H and O–H groups in total. The lowest BCUT2D eigenvalue weighted by molar-refractivity contribution is 0.309. The van der Waals surface area contributed by atoms with Gasteiger partial charge in [-0.05, 0) is 39.5 Å². The van der Waals surface area contributed by atoms with Crippen molar-refractivity contribution in [1.29, 1.82) is 0 Å². The summed E-state index contributed by atoms with van der Waals surface area (Å²) in [6.07, 6.45) is 4.12. The van der Waals surface area contributed by atoms with Crippen molar-refractivity contribution in [2.45, 2.75) is 77.4 Å². The van der Waals surface area contributed by atoms with E-state index in [0.717, 1.165) is 32.2 Å². The van der Waals surface area contributed by atoms with Crippen LogP contribution in [-0.2, 0) is 0 Å². The summed E-state index contributed by atoms with van der Waals surface area (Å²) in [5, 5.41) is 3.55. The lowest BCUT2D eigenvalue weighted by Crippen LogP contribution is -2.51. The smallest absolute Gasteiger partial charge is 0.0249 e. The molecule has 0 amide bonds. The summed E-state index contributed by atoms with van der Waals surface area (Å²) >= 11 is 0. The molecule has 0 aromatic heterocycles. The van der Waals surface area contributed by atoms with Crippen LogP contribution in [0.1, 0.15) is 60.3 Å². The van der Waals surface area contributed by atoms with Crippen molar-refractivity contribution >= 4 is 0 Å². The summed E-state index contributed by atoms with van der Waals surface area (Å²) in [7, 11) is 0. The molecule has 0 aliphatic rings. The van der Waals surface area contributed by atoms with Crippen LogP contribution in [-0.4, -0.2) is 23.7 Å². The van der Waals surface area contributed by atoms with Crippen molar-refractivity contribution in [1.82, 2.24) is 5.32 Å². The van der Waals surface area contributed by atoms with Crippen LogP contribution in [0, 0.1) is 0 Å². The SMILES string of the molecule is CCC(CC(C)(N)CC)NCC(C)(N)CC. The molecule has 0 heterocycles. The second kappa shape index (κ2) is 6.58. The van der Waals surface area contributed by atoms with Gasteiger partial charge in [0, 0.05) is 23.7 Å². The highest BCUT2D eigenvalue weighted by Gasteiger charge is 2.23. The van der Waals surface area contributed by atoms with Crippen LogP contribution in [0.4, 0.5) is 0 Å². The molecular formula is C13H31N3. The maximum absolute atomic E-state index is 6.19. The number of rotatable bonds is 8. The molecule has 3 atom stereocenters. The van der Waals surface area contributed by atoms with E-state index in [-0.39, 0.29) is 11.1 Å². The molecule has 0 aliphatic heterocycles. The Labute approximate surface area is 101 Å². The predicted octanol–water partition coefficient (Wildman–Crippen LogP) is 2.00. The van der Waals surface area contributed by atoms with Crippen molar-refractivity contribution in [2.75, 3.05) is 6.54 Å². The number of hydrogen-bond donors (Lipinski definition) is 3. The molecule has 16 heavy (non-hydrogen) atoms. The second-order valence-electron chi connectivity index (χ2n) is 5.71. The molecule has 0 aromatic rings. The molecule has 98 valence electrons. The molecule has 0 aromatic carbocycles. The minimum atomic E-state index is -0.107. The highest BCUT2D eigenvalue weighted by molar-refractivity contribution is 4.86. The van der Waals surface area contributed by atoms with Gasteiger partial charge in [0.1, 0.15) is 0 Å². The first kappa shape index (κ1) is 15.9. The van der Waals surface area contributed by atoms with E-state index in [1.165, 1.54) is 0 Å². The number of nitrogens with one attached hydrogen (secondary N) is 1. The zero-order valence-corrected chi connectivity index (χ0v) is 11.8. The summed E-state index contributed by atoms with van der Waals surface area (Å²) in [6, 6.07) is 0.476. The van der Waals surface area contributed by atoms with Gasteiger partial charge in [-0.3, -0.25) is 0 Å². The Bertz CT molecular complexity index is 188. The van der Waals surface area contributed by atoms with Gasteiger partial charge in [0.05, 0.1) is 0 Å². The average molecular weight is 229 g/mol. The fraction of sp³-hybridized carbons (Fsp3) is 1.00. The normalized spacial score (nSPS) is 21.2. The Morgan fingerprint density at radius 1 is 1.00 bits per heavy atom. The van der Waals surface area contributed by atoms with E-state index in [2.05, 4.69) is 39.9 Å². The van der Waals surface area contributed by atoms with Gasteiger partial charge in [-0.1, -0.05) is 20.8 Å². The van der Waals surface area contributed by atoms with Gasteiger partial charge in [0.2, 0.25) is 0 Å². The molecular weight excluding hydrogens is 198 g/mol. The second-order valence-corrected chi connectivity index (χ2v) is 5.71. The zero-order valence-electron chi connectivity index (χ0n) is 11.8. The lowest BCUT2D eigenvalue weighted by Gasteiger charge is -2.31. The third kappa shape index (κ3) is 6.46. The van der Waals surface area contributed by atoms with E-state index in [1.807, 2.05) is 0 Å². The summed E-state index contributed by atoms with van der Waals surface area (Å²) < 4.78 is 0. The molecule has 0 aliphatic carbocycles. The van der Waals surface area contributed by atoms with Crippen molar-refractivity contribution in [2.24, 2.45) is 11.5 Å². The van der Waals surface area contributed by atoms with Gasteiger partial charge in [0.25, 0.3) is 0 Å². The Morgan fingerprint density at radius 3 is 1.88 bits per heavy atom. The first-order valence-corrected chi connectivity index (χ1v) is 6.57. The molecule has 0 spiro atoms. The fourth-order valence-corrected chi connectivity index (χ4v) is 1.57. The summed E-state index contributed by atoms with van der Waals surface area (Å²) in [4.78, 5) is 0. The molecule has 0 saturated carbocycles. The quantitative estimate of drug-likeness (QED) is 0.596. The maximum atomic E-state index is 6.19. The average Bonchev–Trinajstić information content (AvgIpc) is 2.24. The Morgan fingerprint density at radius 2 is 1.50 bits per heavy atom. The van der Waals surface area contributed by atoms with Crippen LogP contribution in [0.3, 0.4) is 0 Å². The van der Waals surface area contributed by atoms with E-state index in [9.17, 15) is 0 Å². The Kier molecular flexibility index (Phi) is 6.53. The topological polar surface area (TPSA) is 64.1 Å². The highest BCUT2D eigenvalue weighted by Crippen LogP contribution is 2.15. The van der Waals surface area contributed by atoms with E-state index in [1.54, 1.807) is 0 Å². The van der Waals surface area contributed by atoms with Crippen LogP contribution >= 0.6 is 0 Å². The largest absolute Gasteiger partial charge is 0.325 e. The van der Waals surface area contributed by atoms with Crippen molar-refractivity contribution in [3.05, 3.63) is 0 Å². The first-order valence-electron chi connectivity index (χ1n) is 6.57. The fourth-order valence-electron chi connectivity index (χ4n) is 1.57. The first-order chi connectivity index (χ1) is 7.26. The van der Waals surface area contributed by atoms with Gasteiger partial charge < -0.3 is 16.8 Å². The van der Waals surface area contributed by atoms with Crippen LogP contribution in [0.25, 0.3) is 0 Å². The predicted molar refractivity (Wildman–Crippen MR) is 72.5 cm³/mol. The van der Waals surface area contributed by atoms with E-state index < -0.39 is 0 Å². The van der Waals surface area contributed by atoms with Gasteiger partial charge in [-0.25, -0.2) is 0 Å². The van der Waals surface area contributed by atoms with Crippen LogP contribution in [0.15, 0.2) is 0 Å². The van der Waals surface area contributed by atoms with E-state index in [4.69, 9.17) is 11.5 Å². The molecule has 0 bridgehead atoms. The monoisotopic (exact) mass is 229 g/mol. The highest BCUT2D eigenvalue weighted by atomic mass is 15.0. The van der Waals surface area contributed by atoms with Crippen molar-refractivity contribution in [3.63, 3.8) is 0 Å². The summed E-state index contributed by atoms with van der Waals surface area (Å²) in [6.45, 7) is 11.5. The van der Waals surface area contributed by atoms with Crippen LogP contribution < -0.4 is 16.8 Å². The molecule has 3 unspecified atom stereocenters. The Balaban J connectivity index is 4.12. The van der Waals surface area contributed by atoms with Crippen molar-refractivity contribution < 1.29 is 0 Å². The molecule has 0 rings (SSSR count). The molecule has 0 radical (unpaired) electrons. The minimum Gasteiger partial charge on any atom is -0.325 e. The van der Waals surface area contributed by atoms with E-state index in [0.29, 0.717) is 6.04 Å². The van der Waals surface area contributed by atoms with Gasteiger partial charge in [0.15, 0.2) is 0 Å². The van der Waals surface area contributed by atoms with Crippen LogP contribution in [0.5, 0.6) is 0 Å². The third-order valence-electron chi connectivity index (χ3n) is 3.62. The molecule has 0 fully saturated rings. The summed E-state index contributed by atoms with van der Waals surface area (Å²) in [5.41, 5.74) is 12.1. The standard InChI is InChI=1S/C13H31N3/c1-6-11(9-12(4,14)7-2)16-10-13(5,15)8-3/h11,16H,6-10,14-15H2,1-5H3. The third-order valence-corrected chi connectivity index (χ3v) is 3.62. The van der Waals surface area contributed by atoms with Gasteiger partial charge >= 0.3 is 0 Å². The molecule has 3 nitrogen and oxygen atoms in total. The number of hydrogen-bond acceptors (Lipinski definition) is 3. The minimum absolute atomic E-state index is 0.0646. The van der Waals surface area contributed by atoms with E-state index >= 15 is 0 Å². The maximum Gasteiger partial charge on any atom is 0.0249 e. The van der Waals surface area contributed by atoms with Gasteiger partial charge in [-0.15, -0.1) is 0 Å².